The second-order valence-corrected chi connectivity index (χ2v) is 2.18. The zero-order chi connectivity index (χ0) is 6.69. The van der Waals surface area contributed by atoms with E-state index in [0.29, 0.717) is 5.92 Å². The smallest absolute Gasteiger partial charge is 0.132 e. The van der Waals surface area contributed by atoms with Crippen LogP contribution in [0.25, 0.3) is 0 Å². The van der Waals surface area contributed by atoms with Crippen molar-refractivity contribution in [2.45, 2.75) is 26.2 Å². The van der Waals surface area contributed by atoms with Crippen molar-refractivity contribution in [2.24, 2.45) is 0 Å². The quantitative estimate of drug-likeness (QED) is 0.647. The molecule has 0 saturated heterocycles. The standard InChI is InChI=1S/C6H11N3/c1-3-5(2)6-7-4-8-9-6/h4-5H,3H2,1-2H3,(H,7,8,9). The van der Waals surface area contributed by atoms with Crippen molar-refractivity contribution in [1.29, 1.82) is 0 Å². The highest BCUT2D eigenvalue weighted by molar-refractivity contribution is 4.88. The van der Waals surface area contributed by atoms with Gasteiger partial charge in [-0.2, -0.15) is 0 Å². The number of nitrogens with one attached hydrogen (secondary N) is 1. The van der Waals surface area contributed by atoms with Gasteiger partial charge in [-0.1, -0.05) is 13.8 Å². The molecular formula is C6H11N3. The highest BCUT2D eigenvalue weighted by Gasteiger charge is 2.03. The second-order valence-electron chi connectivity index (χ2n) is 2.18. The molecule has 0 amide bonds. The fourth-order valence-electron chi connectivity index (χ4n) is 0.649. The third-order valence-corrected chi connectivity index (χ3v) is 1.51. The summed E-state index contributed by atoms with van der Waals surface area (Å²) in [7, 11) is 0. The van der Waals surface area contributed by atoms with Crippen LogP contribution in [0.2, 0.25) is 0 Å². The van der Waals surface area contributed by atoms with Gasteiger partial charge in [0.25, 0.3) is 0 Å². The summed E-state index contributed by atoms with van der Waals surface area (Å²) < 4.78 is 0. The van der Waals surface area contributed by atoms with Crippen LogP contribution < -0.4 is 0 Å². The van der Waals surface area contributed by atoms with Crippen molar-refractivity contribution in [1.82, 2.24) is 15.2 Å². The number of aromatic amines is 1. The second kappa shape index (κ2) is 2.62. The summed E-state index contributed by atoms with van der Waals surface area (Å²) in [6.07, 6.45) is 2.72. The maximum Gasteiger partial charge on any atom is 0.132 e. The Balaban J connectivity index is 2.65. The summed E-state index contributed by atoms with van der Waals surface area (Å²) in [5, 5.41) is 7.57. The van der Waals surface area contributed by atoms with Gasteiger partial charge in [0.1, 0.15) is 12.2 Å². The van der Waals surface area contributed by atoms with E-state index in [1.54, 1.807) is 6.33 Å². The molecule has 3 nitrogen and oxygen atoms in total. The van der Waals surface area contributed by atoms with E-state index in [4.69, 9.17) is 0 Å². The molecule has 9 heavy (non-hydrogen) atoms. The van der Waals surface area contributed by atoms with E-state index in [1.807, 2.05) is 0 Å². The lowest BCUT2D eigenvalue weighted by Crippen LogP contribution is -1.93. The molecule has 0 aliphatic rings. The summed E-state index contributed by atoms with van der Waals surface area (Å²) >= 11 is 0. The average Bonchev–Trinajstić information content (AvgIpc) is 2.37. The van der Waals surface area contributed by atoms with Crippen molar-refractivity contribution in [3.05, 3.63) is 12.2 Å². The average molecular weight is 125 g/mol. The van der Waals surface area contributed by atoms with Crippen LogP contribution in [0.15, 0.2) is 6.33 Å². The van der Waals surface area contributed by atoms with Crippen LogP contribution in [0.1, 0.15) is 32.0 Å². The molecule has 1 unspecified atom stereocenters. The highest BCUT2D eigenvalue weighted by atomic mass is 15.2. The van der Waals surface area contributed by atoms with Gasteiger partial charge in [0.2, 0.25) is 0 Å². The van der Waals surface area contributed by atoms with E-state index in [1.165, 1.54) is 0 Å². The van der Waals surface area contributed by atoms with Crippen LogP contribution in [-0.4, -0.2) is 15.2 Å². The summed E-state index contributed by atoms with van der Waals surface area (Å²) in [5.74, 6) is 1.49. The molecule has 0 aliphatic carbocycles. The van der Waals surface area contributed by atoms with Gasteiger partial charge >= 0.3 is 0 Å². The summed E-state index contributed by atoms with van der Waals surface area (Å²) in [4.78, 5) is 2.97. The number of aromatic nitrogens is 3. The molecule has 1 atom stereocenters. The zero-order valence-electron chi connectivity index (χ0n) is 5.76. The van der Waals surface area contributed by atoms with Crippen LogP contribution in [0.3, 0.4) is 0 Å². The van der Waals surface area contributed by atoms with Gasteiger partial charge < -0.3 is 4.98 Å². The first-order valence-corrected chi connectivity index (χ1v) is 3.20. The highest BCUT2D eigenvalue weighted by Crippen LogP contribution is 2.11. The van der Waals surface area contributed by atoms with Crippen LogP contribution in [0, 0.1) is 0 Å². The first-order chi connectivity index (χ1) is 4.34. The molecule has 0 aromatic carbocycles. The first kappa shape index (κ1) is 6.26. The number of hydrogen-bond acceptors (Lipinski definition) is 2. The van der Waals surface area contributed by atoms with E-state index in [0.717, 1.165) is 12.2 Å². The van der Waals surface area contributed by atoms with Gasteiger partial charge in [-0.15, -0.1) is 10.2 Å². The molecule has 0 spiro atoms. The fraction of sp³-hybridized carbons (Fsp3) is 0.667. The molecule has 50 valence electrons. The van der Waals surface area contributed by atoms with Gasteiger partial charge in [-0.05, 0) is 6.42 Å². The topological polar surface area (TPSA) is 41.6 Å². The Labute approximate surface area is 54.5 Å². The summed E-state index contributed by atoms with van der Waals surface area (Å²) in [6.45, 7) is 4.26. The molecule has 0 bridgehead atoms. The molecule has 3 heteroatoms. The van der Waals surface area contributed by atoms with Crippen LogP contribution in [-0.2, 0) is 0 Å². The zero-order valence-corrected chi connectivity index (χ0v) is 5.76. The summed E-state index contributed by atoms with van der Waals surface area (Å²) in [6, 6.07) is 0. The third-order valence-electron chi connectivity index (χ3n) is 1.51. The predicted octanol–water partition coefficient (Wildman–Crippen LogP) is 1.32. The van der Waals surface area contributed by atoms with Crippen LogP contribution >= 0.6 is 0 Å². The fourth-order valence-corrected chi connectivity index (χ4v) is 0.649. The Morgan fingerprint density at radius 2 is 2.56 bits per heavy atom. The van der Waals surface area contributed by atoms with Gasteiger partial charge in [0.15, 0.2) is 0 Å². The number of H-pyrrole nitrogens is 1. The van der Waals surface area contributed by atoms with E-state index >= 15 is 0 Å². The number of hydrogen-bond donors (Lipinski definition) is 1. The first-order valence-electron chi connectivity index (χ1n) is 3.20. The molecular weight excluding hydrogens is 114 g/mol. The lowest BCUT2D eigenvalue weighted by Gasteiger charge is -2.00. The van der Waals surface area contributed by atoms with Crippen molar-refractivity contribution >= 4 is 0 Å². The van der Waals surface area contributed by atoms with Crippen molar-refractivity contribution in [3.63, 3.8) is 0 Å². The van der Waals surface area contributed by atoms with Crippen molar-refractivity contribution < 1.29 is 0 Å². The van der Waals surface area contributed by atoms with Gasteiger partial charge in [-0.3, -0.25) is 0 Å². The van der Waals surface area contributed by atoms with E-state index in [2.05, 4.69) is 29.0 Å². The number of rotatable bonds is 2. The SMILES string of the molecule is CCC(C)c1nnc[nH]1. The Hall–Kier alpha value is -0.860. The molecule has 1 aromatic heterocycles. The van der Waals surface area contributed by atoms with Crippen molar-refractivity contribution in [2.75, 3.05) is 0 Å². The lowest BCUT2D eigenvalue weighted by molar-refractivity contribution is 0.682. The Bertz CT molecular complexity index is 157. The van der Waals surface area contributed by atoms with E-state index in [-0.39, 0.29) is 0 Å². The van der Waals surface area contributed by atoms with Crippen LogP contribution in [0.4, 0.5) is 0 Å². The largest absolute Gasteiger partial charge is 0.331 e. The Morgan fingerprint density at radius 3 is 3.00 bits per heavy atom. The minimum atomic E-state index is 0.507. The Morgan fingerprint density at radius 1 is 1.78 bits per heavy atom. The Kier molecular flexibility index (Phi) is 1.82. The van der Waals surface area contributed by atoms with E-state index < -0.39 is 0 Å². The normalized spacial score (nSPS) is 13.6. The molecule has 1 rings (SSSR count). The lowest BCUT2D eigenvalue weighted by atomic mass is 10.1. The van der Waals surface area contributed by atoms with Gasteiger partial charge in [0, 0.05) is 5.92 Å². The third kappa shape index (κ3) is 1.28. The molecule has 0 saturated carbocycles. The summed E-state index contributed by atoms with van der Waals surface area (Å²) in [5.41, 5.74) is 0. The maximum atomic E-state index is 3.88. The number of nitrogens with zero attached hydrogens (tertiary/aromatic N) is 2. The minimum absolute atomic E-state index is 0.507. The molecule has 1 heterocycles. The minimum Gasteiger partial charge on any atom is -0.331 e. The van der Waals surface area contributed by atoms with E-state index in [9.17, 15) is 0 Å². The van der Waals surface area contributed by atoms with Crippen molar-refractivity contribution in [3.8, 4) is 0 Å². The molecule has 0 aliphatic heterocycles. The molecule has 1 N–H and O–H groups in total. The molecule has 0 fully saturated rings. The van der Waals surface area contributed by atoms with Gasteiger partial charge in [0.05, 0.1) is 0 Å². The van der Waals surface area contributed by atoms with Crippen LogP contribution in [0.5, 0.6) is 0 Å². The monoisotopic (exact) mass is 125 g/mol. The molecule has 0 radical (unpaired) electrons. The predicted molar refractivity (Wildman–Crippen MR) is 35.1 cm³/mol. The van der Waals surface area contributed by atoms with Gasteiger partial charge in [-0.25, -0.2) is 0 Å². The molecule has 1 aromatic rings. The maximum absolute atomic E-state index is 3.88.